The molecule has 1 saturated heterocycles. The molecular formula is C16H18N2OS. The summed E-state index contributed by atoms with van der Waals surface area (Å²) in [5.41, 5.74) is 5.29. The van der Waals surface area contributed by atoms with Crippen molar-refractivity contribution in [3.05, 3.63) is 51.5 Å². The maximum atomic E-state index is 12.5. The maximum Gasteiger partial charge on any atom is 0.265 e. The summed E-state index contributed by atoms with van der Waals surface area (Å²) >= 11 is 1.44. The Kier molecular flexibility index (Phi) is 3.57. The molecule has 2 heterocycles. The molecule has 3 nitrogen and oxygen atoms in total. The van der Waals surface area contributed by atoms with Crippen molar-refractivity contribution >= 4 is 17.2 Å². The van der Waals surface area contributed by atoms with Gasteiger partial charge in [0.1, 0.15) is 4.88 Å². The molecule has 1 fully saturated rings. The van der Waals surface area contributed by atoms with Crippen LogP contribution in [0.2, 0.25) is 0 Å². The predicted molar refractivity (Wildman–Crippen MR) is 81.3 cm³/mol. The van der Waals surface area contributed by atoms with Crippen LogP contribution < -0.4 is 0 Å². The van der Waals surface area contributed by atoms with Gasteiger partial charge in [0.25, 0.3) is 5.91 Å². The van der Waals surface area contributed by atoms with Gasteiger partial charge >= 0.3 is 0 Å². The first-order valence-corrected chi connectivity index (χ1v) is 7.79. The predicted octanol–water partition coefficient (Wildman–Crippen LogP) is 3.39. The number of aryl methyl sites for hydroxylation is 2. The number of rotatable bonds is 2. The maximum absolute atomic E-state index is 12.5. The summed E-state index contributed by atoms with van der Waals surface area (Å²) in [6.07, 6.45) is 1.05. The van der Waals surface area contributed by atoms with Crippen molar-refractivity contribution in [2.24, 2.45) is 0 Å². The van der Waals surface area contributed by atoms with Crippen LogP contribution in [-0.2, 0) is 0 Å². The lowest BCUT2D eigenvalue weighted by Gasteiger charge is -2.17. The molecule has 4 heteroatoms. The van der Waals surface area contributed by atoms with Gasteiger partial charge in [-0.15, -0.1) is 11.3 Å². The molecule has 0 N–H and O–H groups in total. The van der Waals surface area contributed by atoms with Gasteiger partial charge < -0.3 is 4.90 Å². The highest BCUT2D eigenvalue weighted by Gasteiger charge is 2.29. The van der Waals surface area contributed by atoms with Crippen LogP contribution in [0.3, 0.4) is 0 Å². The molecule has 1 aliphatic heterocycles. The van der Waals surface area contributed by atoms with Crippen LogP contribution in [0.5, 0.6) is 0 Å². The summed E-state index contributed by atoms with van der Waals surface area (Å²) in [6.45, 7) is 5.71. The van der Waals surface area contributed by atoms with Crippen LogP contribution in [-0.4, -0.2) is 28.9 Å². The molecule has 104 valence electrons. The van der Waals surface area contributed by atoms with Crippen molar-refractivity contribution < 1.29 is 4.79 Å². The lowest BCUT2D eigenvalue weighted by atomic mass is 9.94. The Bertz CT molecular complexity index is 635. The van der Waals surface area contributed by atoms with E-state index in [1.165, 1.54) is 22.5 Å². The first-order chi connectivity index (χ1) is 9.66. The van der Waals surface area contributed by atoms with E-state index in [1.807, 2.05) is 11.8 Å². The first-order valence-electron chi connectivity index (χ1n) is 6.91. The van der Waals surface area contributed by atoms with Gasteiger partial charge in [-0.2, -0.15) is 0 Å². The quantitative estimate of drug-likeness (QED) is 0.848. The van der Waals surface area contributed by atoms with Gasteiger partial charge in [0.2, 0.25) is 0 Å². The van der Waals surface area contributed by atoms with Crippen LogP contribution in [0.1, 0.15) is 38.8 Å². The fourth-order valence-electron chi connectivity index (χ4n) is 2.89. The fourth-order valence-corrected chi connectivity index (χ4v) is 3.66. The zero-order chi connectivity index (χ0) is 14.1. The molecule has 0 unspecified atom stereocenters. The molecule has 2 aromatic rings. The Hall–Kier alpha value is -1.68. The van der Waals surface area contributed by atoms with Crippen LogP contribution >= 0.6 is 11.3 Å². The van der Waals surface area contributed by atoms with Crippen LogP contribution in [0.4, 0.5) is 0 Å². The van der Waals surface area contributed by atoms with E-state index < -0.39 is 0 Å². The summed E-state index contributed by atoms with van der Waals surface area (Å²) in [7, 11) is 0. The minimum atomic E-state index is 0.140. The van der Waals surface area contributed by atoms with E-state index in [0.717, 1.165) is 30.1 Å². The zero-order valence-electron chi connectivity index (χ0n) is 11.8. The Morgan fingerprint density at radius 2 is 2.15 bits per heavy atom. The number of carbonyl (C=O) groups is 1. The zero-order valence-corrected chi connectivity index (χ0v) is 12.6. The highest BCUT2D eigenvalue weighted by Crippen LogP contribution is 2.30. The van der Waals surface area contributed by atoms with Gasteiger partial charge in [-0.05, 0) is 31.4 Å². The van der Waals surface area contributed by atoms with Gasteiger partial charge in [0.15, 0.2) is 0 Å². The van der Waals surface area contributed by atoms with Gasteiger partial charge in [0, 0.05) is 19.0 Å². The fraction of sp³-hybridized carbons (Fsp3) is 0.375. The largest absolute Gasteiger partial charge is 0.337 e. The second kappa shape index (κ2) is 5.37. The average Bonchev–Trinajstić information content (AvgIpc) is 3.07. The number of hydrogen-bond donors (Lipinski definition) is 0. The monoisotopic (exact) mass is 286 g/mol. The van der Waals surface area contributed by atoms with Crippen molar-refractivity contribution in [1.82, 2.24) is 9.88 Å². The molecule has 1 aliphatic rings. The first kappa shape index (κ1) is 13.3. The minimum Gasteiger partial charge on any atom is -0.337 e. The molecule has 20 heavy (non-hydrogen) atoms. The number of amides is 1. The van der Waals surface area contributed by atoms with Crippen molar-refractivity contribution in [2.45, 2.75) is 26.2 Å². The standard InChI is InChI=1S/C16H18N2OS/c1-11-5-3-4-6-14(11)13-7-8-18(9-13)16(19)15-12(2)17-10-20-15/h3-6,10,13H,7-9H2,1-2H3/t13-/m1/s1. The third kappa shape index (κ3) is 2.36. The molecule has 1 amide bonds. The number of likely N-dealkylation sites (tertiary alicyclic amines) is 1. The topological polar surface area (TPSA) is 33.2 Å². The van der Waals surface area contributed by atoms with E-state index in [-0.39, 0.29) is 5.91 Å². The van der Waals surface area contributed by atoms with E-state index in [2.05, 4.69) is 36.2 Å². The second-order valence-corrected chi connectivity index (χ2v) is 6.22. The number of nitrogens with zero attached hydrogens (tertiary/aromatic N) is 2. The van der Waals surface area contributed by atoms with E-state index in [4.69, 9.17) is 0 Å². The number of carbonyl (C=O) groups excluding carboxylic acids is 1. The summed E-state index contributed by atoms with van der Waals surface area (Å²) in [6, 6.07) is 8.48. The Balaban J connectivity index is 1.76. The molecule has 0 aliphatic carbocycles. The summed E-state index contributed by atoms with van der Waals surface area (Å²) in [5, 5.41) is 0. The van der Waals surface area contributed by atoms with Crippen LogP contribution in [0, 0.1) is 13.8 Å². The molecule has 1 aromatic heterocycles. The third-order valence-electron chi connectivity index (χ3n) is 4.04. The van der Waals surface area contributed by atoms with Crippen LogP contribution in [0.15, 0.2) is 29.8 Å². The van der Waals surface area contributed by atoms with Crippen LogP contribution in [0.25, 0.3) is 0 Å². The van der Waals surface area contributed by atoms with E-state index in [1.54, 1.807) is 5.51 Å². The molecule has 3 rings (SSSR count). The Morgan fingerprint density at radius 1 is 1.35 bits per heavy atom. The molecular weight excluding hydrogens is 268 g/mol. The minimum absolute atomic E-state index is 0.140. The highest BCUT2D eigenvalue weighted by atomic mass is 32.1. The lowest BCUT2D eigenvalue weighted by Crippen LogP contribution is -2.28. The lowest BCUT2D eigenvalue weighted by molar-refractivity contribution is 0.0794. The molecule has 1 atom stereocenters. The van der Waals surface area contributed by atoms with E-state index >= 15 is 0 Å². The molecule has 0 saturated carbocycles. The van der Waals surface area contributed by atoms with Crippen molar-refractivity contribution in [1.29, 1.82) is 0 Å². The van der Waals surface area contributed by atoms with Gasteiger partial charge in [0.05, 0.1) is 11.2 Å². The van der Waals surface area contributed by atoms with Gasteiger partial charge in [-0.25, -0.2) is 4.98 Å². The highest BCUT2D eigenvalue weighted by molar-refractivity contribution is 7.11. The molecule has 1 aromatic carbocycles. The Morgan fingerprint density at radius 3 is 2.85 bits per heavy atom. The normalized spacial score (nSPS) is 18.5. The second-order valence-electron chi connectivity index (χ2n) is 5.36. The molecule has 0 bridgehead atoms. The molecule has 0 spiro atoms. The number of thiazole rings is 1. The summed E-state index contributed by atoms with van der Waals surface area (Å²) in [4.78, 5) is 19.4. The Labute approximate surface area is 123 Å². The number of hydrogen-bond acceptors (Lipinski definition) is 3. The summed E-state index contributed by atoms with van der Waals surface area (Å²) < 4.78 is 0. The molecule has 0 radical (unpaired) electrons. The van der Waals surface area contributed by atoms with Crippen molar-refractivity contribution in [3.63, 3.8) is 0 Å². The third-order valence-corrected chi connectivity index (χ3v) is 4.96. The van der Waals surface area contributed by atoms with Gasteiger partial charge in [-0.3, -0.25) is 4.79 Å². The van der Waals surface area contributed by atoms with Crippen molar-refractivity contribution in [2.75, 3.05) is 13.1 Å². The SMILES string of the molecule is Cc1ccccc1[C@@H]1CCN(C(=O)c2scnc2C)C1. The van der Waals surface area contributed by atoms with Gasteiger partial charge in [-0.1, -0.05) is 24.3 Å². The van der Waals surface area contributed by atoms with E-state index in [9.17, 15) is 4.79 Å². The van der Waals surface area contributed by atoms with Crippen molar-refractivity contribution in [3.8, 4) is 0 Å². The number of aromatic nitrogens is 1. The van der Waals surface area contributed by atoms with E-state index in [0.29, 0.717) is 5.92 Å². The smallest absolute Gasteiger partial charge is 0.265 e. The summed E-state index contributed by atoms with van der Waals surface area (Å²) in [5.74, 6) is 0.606. The number of benzene rings is 1. The average molecular weight is 286 g/mol.